The largest absolute Gasteiger partial charge is 0.295 e. The highest BCUT2D eigenvalue weighted by Gasteiger charge is 2.24. The fraction of sp³-hybridized carbons (Fsp3) is 0.133. The third-order valence-electron chi connectivity index (χ3n) is 3.38. The molecule has 2 aromatic heterocycles. The van der Waals surface area contributed by atoms with Crippen LogP contribution in [-0.4, -0.2) is 23.6 Å². The molecular weight excluding hydrogens is 350 g/mol. The van der Waals surface area contributed by atoms with Crippen LogP contribution in [0.5, 0.6) is 0 Å². The molecule has 0 amide bonds. The molecule has 3 aromatic rings. The second-order valence-electron chi connectivity index (χ2n) is 5.13. The number of carbonyl (C=O) groups excluding carboxylic acids is 1. The molecule has 0 unspecified atom stereocenters. The summed E-state index contributed by atoms with van der Waals surface area (Å²) < 4.78 is 28.8. The molecule has 7 nitrogen and oxygen atoms in total. The summed E-state index contributed by atoms with van der Waals surface area (Å²) in [6, 6.07) is 6.07. The average Bonchev–Trinajstić information content (AvgIpc) is 2.95. The summed E-state index contributed by atoms with van der Waals surface area (Å²) >= 11 is 1.24. The minimum absolute atomic E-state index is 0.123. The number of hydrogen-bond acceptors (Lipinski definition) is 6. The Morgan fingerprint density at radius 3 is 2.79 bits per heavy atom. The molecule has 2 heterocycles. The van der Waals surface area contributed by atoms with Crippen LogP contribution in [0.4, 0.5) is 5.69 Å². The van der Waals surface area contributed by atoms with E-state index in [-0.39, 0.29) is 17.2 Å². The van der Waals surface area contributed by atoms with Crippen molar-refractivity contribution < 1.29 is 13.2 Å². The average molecular weight is 363 g/mol. The molecule has 0 atom stereocenters. The molecule has 0 aliphatic carbocycles. The highest BCUT2D eigenvalue weighted by Crippen LogP contribution is 2.18. The van der Waals surface area contributed by atoms with Gasteiger partial charge in [0, 0.05) is 22.8 Å². The molecule has 0 bridgehead atoms. The summed E-state index contributed by atoms with van der Waals surface area (Å²) in [5.74, 6) is -0.186. The lowest BCUT2D eigenvalue weighted by Gasteiger charge is -2.10. The number of nitrogens with one attached hydrogen (secondary N) is 1. The van der Waals surface area contributed by atoms with Gasteiger partial charge in [-0.3, -0.25) is 18.7 Å². The first-order valence-corrected chi connectivity index (χ1v) is 9.26. The van der Waals surface area contributed by atoms with Crippen molar-refractivity contribution in [2.24, 2.45) is 0 Å². The van der Waals surface area contributed by atoms with E-state index in [1.54, 1.807) is 17.5 Å². The normalized spacial score (nSPS) is 11.6. The molecule has 24 heavy (non-hydrogen) atoms. The smallest absolute Gasteiger partial charge is 0.279 e. The lowest BCUT2D eigenvalue weighted by Crippen LogP contribution is -2.27. The van der Waals surface area contributed by atoms with Gasteiger partial charge in [-0.15, -0.1) is 11.3 Å². The number of aromatic nitrogens is 2. The van der Waals surface area contributed by atoms with Crippen LogP contribution in [0.3, 0.4) is 0 Å². The number of Topliss-reactive ketones (excluding diaryl/α,β-unsaturated/α-hetero) is 1. The first-order valence-electron chi connectivity index (χ1n) is 6.90. The number of fused-ring (bicyclic) bond motifs is 1. The maximum absolute atomic E-state index is 12.6. The first-order chi connectivity index (χ1) is 11.3. The highest BCUT2D eigenvalue weighted by molar-refractivity contribution is 7.92. The Morgan fingerprint density at radius 1 is 1.33 bits per heavy atom. The third-order valence-corrected chi connectivity index (χ3v) is 5.65. The Kier molecular flexibility index (Phi) is 3.98. The van der Waals surface area contributed by atoms with Crippen molar-refractivity contribution in [3.63, 3.8) is 0 Å². The SMILES string of the molecule is CC(=O)c1cccc(NS(=O)(=O)c2c(C)nc3sccn3c2=O)c1. The Balaban J connectivity index is 2.10. The van der Waals surface area contributed by atoms with Crippen LogP contribution in [0, 0.1) is 6.92 Å². The molecule has 1 aromatic carbocycles. The van der Waals surface area contributed by atoms with E-state index >= 15 is 0 Å². The molecule has 1 N–H and O–H groups in total. The van der Waals surface area contributed by atoms with Crippen molar-refractivity contribution in [3.05, 3.63) is 57.5 Å². The number of anilines is 1. The van der Waals surface area contributed by atoms with Gasteiger partial charge >= 0.3 is 0 Å². The molecule has 0 aliphatic rings. The van der Waals surface area contributed by atoms with E-state index < -0.39 is 20.5 Å². The van der Waals surface area contributed by atoms with E-state index in [4.69, 9.17) is 0 Å². The summed E-state index contributed by atoms with van der Waals surface area (Å²) in [6.45, 7) is 2.86. The van der Waals surface area contributed by atoms with Crippen molar-refractivity contribution in [1.29, 1.82) is 0 Å². The first kappa shape index (κ1) is 16.3. The van der Waals surface area contributed by atoms with E-state index in [2.05, 4.69) is 9.71 Å². The highest BCUT2D eigenvalue weighted by atomic mass is 32.2. The summed E-state index contributed by atoms with van der Waals surface area (Å²) in [5.41, 5.74) is 0.0404. The van der Waals surface area contributed by atoms with Crippen molar-refractivity contribution in [2.75, 3.05) is 4.72 Å². The second-order valence-corrected chi connectivity index (χ2v) is 7.62. The molecule has 0 spiro atoms. The molecule has 0 saturated carbocycles. The fourth-order valence-electron chi connectivity index (χ4n) is 2.28. The summed E-state index contributed by atoms with van der Waals surface area (Å²) in [5, 5.41) is 1.66. The van der Waals surface area contributed by atoms with Crippen LogP contribution in [-0.2, 0) is 10.0 Å². The van der Waals surface area contributed by atoms with Gasteiger partial charge in [-0.2, -0.15) is 0 Å². The third kappa shape index (κ3) is 2.83. The van der Waals surface area contributed by atoms with Gasteiger partial charge in [-0.1, -0.05) is 12.1 Å². The van der Waals surface area contributed by atoms with Gasteiger partial charge in [0.1, 0.15) is 0 Å². The second kappa shape index (κ2) is 5.84. The number of nitrogens with zero attached hydrogens (tertiary/aromatic N) is 2. The standard InChI is InChI=1S/C15H13N3O4S2/c1-9-13(14(20)18-6-7-23-15(18)16-9)24(21,22)17-12-5-3-4-11(8-12)10(2)19/h3-8,17H,1-2H3. The van der Waals surface area contributed by atoms with Crippen molar-refractivity contribution in [3.8, 4) is 0 Å². The quantitative estimate of drug-likeness (QED) is 0.716. The summed E-state index contributed by atoms with van der Waals surface area (Å²) in [4.78, 5) is 28.1. The number of sulfonamides is 1. The number of aryl methyl sites for hydroxylation is 1. The van der Waals surface area contributed by atoms with Gasteiger partial charge in [0.25, 0.3) is 15.6 Å². The Morgan fingerprint density at radius 2 is 2.08 bits per heavy atom. The van der Waals surface area contributed by atoms with Gasteiger partial charge in [-0.05, 0) is 26.0 Å². The minimum atomic E-state index is -4.14. The van der Waals surface area contributed by atoms with Crippen molar-refractivity contribution in [2.45, 2.75) is 18.7 Å². The number of thiazole rings is 1. The van der Waals surface area contributed by atoms with E-state index in [1.165, 1.54) is 47.9 Å². The van der Waals surface area contributed by atoms with Crippen LogP contribution >= 0.6 is 11.3 Å². The van der Waals surface area contributed by atoms with Crippen LogP contribution in [0.15, 0.2) is 45.5 Å². The maximum atomic E-state index is 12.6. The number of carbonyl (C=O) groups is 1. The Labute approximate surface area is 141 Å². The Bertz CT molecular complexity index is 1110. The van der Waals surface area contributed by atoms with Crippen LogP contribution in [0.25, 0.3) is 4.96 Å². The Hall–Kier alpha value is -2.52. The maximum Gasteiger partial charge on any atom is 0.279 e. The minimum Gasteiger partial charge on any atom is -0.295 e. The lowest BCUT2D eigenvalue weighted by molar-refractivity contribution is 0.101. The fourth-order valence-corrected chi connectivity index (χ4v) is 4.34. The molecule has 0 radical (unpaired) electrons. The number of ketones is 1. The zero-order valence-electron chi connectivity index (χ0n) is 12.8. The van der Waals surface area contributed by atoms with E-state index in [1.807, 2.05) is 0 Å². The van der Waals surface area contributed by atoms with E-state index in [0.717, 1.165) is 0 Å². The lowest BCUT2D eigenvalue weighted by atomic mass is 10.1. The molecule has 124 valence electrons. The van der Waals surface area contributed by atoms with Gasteiger partial charge in [0.05, 0.1) is 5.69 Å². The molecule has 0 aliphatic heterocycles. The molecule has 0 saturated heterocycles. The van der Waals surface area contributed by atoms with Gasteiger partial charge in [0.2, 0.25) is 0 Å². The van der Waals surface area contributed by atoms with Crippen LogP contribution in [0.2, 0.25) is 0 Å². The molecular formula is C15H13N3O4S2. The zero-order chi connectivity index (χ0) is 17.5. The summed E-state index contributed by atoms with van der Waals surface area (Å²) in [7, 11) is -4.14. The van der Waals surface area contributed by atoms with Crippen molar-refractivity contribution in [1.82, 2.24) is 9.38 Å². The van der Waals surface area contributed by atoms with Gasteiger partial charge < -0.3 is 0 Å². The molecule has 3 rings (SSSR count). The molecule has 9 heteroatoms. The number of rotatable bonds is 4. The summed E-state index contributed by atoms with van der Waals surface area (Å²) in [6.07, 6.45) is 1.48. The monoisotopic (exact) mass is 363 g/mol. The van der Waals surface area contributed by atoms with Crippen LogP contribution in [0.1, 0.15) is 23.0 Å². The zero-order valence-corrected chi connectivity index (χ0v) is 14.4. The van der Waals surface area contributed by atoms with Crippen molar-refractivity contribution >= 4 is 37.8 Å². The van der Waals surface area contributed by atoms with E-state index in [9.17, 15) is 18.0 Å². The predicted molar refractivity (Wildman–Crippen MR) is 91.3 cm³/mol. The van der Waals surface area contributed by atoms with Crippen LogP contribution < -0.4 is 10.3 Å². The van der Waals surface area contributed by atoms with Gasteiger partial charge in [0.15, 0.2) is 15.6 Å². The number of benzene rings is 1. The number of hydrogen-bond donors (Lipinski definition) is 1. The van der Waals surface area contributed by atoms with Gasteiger partial charge in [-0.25, -0.2) is 13.4 Å². The predicted octanol–water partition coefficient (Wildman–Crippen LogP) is 2.07. The van der Waals surface area contributed by atoms with E-state index in [0.29, 0.717) is 10.5 Å². The molecule has 0 fully saturated rings. The topological polar surface area (TPSA) is 97.6 Å².